The second-order valence-electron chi connectivity index (χ2n) is 26.2. The van der Waals surface area contributed by atoms with Gasteiger partial charge in [0.25, 0.3) is 6.29 Å². The van der Waals surface area contributed by atoms with Crippen molar-refractivity contribution in [3.63, 3.8) is 0 Å². The molecule has 0 heterocycles. The lowest BCUT2D eigenvalue weighted by Gasteiger charge is -2.25. The Morgan fingerprint density at radius 2 is 0.663 bits per heavy atom. The third-order valence-corrected chi connectivity index (χ3v) is 16.5. The van der Waals surface area contributed by atoms with Crippen molar-refractivity contribution in [2.45, 2.75) is 367 Å². The molecule has 0 aliphatic rings. The molecule has 9 heteroatoms. The molecule has 0 bridgehead atoms. The predicted molar refractivity (Wildman–Crippen MR) is 369 cm³/mol. The monoisotopic (exact) mass is 1210 g/mol. The van der Waals surface area contributed by atoms with Gasteiger partial charge in [-0.25, -0.2) is 4.79 Å². The summed E-state index contributed by atoms with van der Waals surface area (Å²) in [5.74, 6) is -1.98. The van der Waals surface area contributed by atoms with Crippen LogP contribution in [-0.2, 0) is 33.3 Å². The standard InChI is InChI=1S/C77H141NO8/c1-6-8-10-12-14-16-18-20-22-24-26-28-30-32-34-36-38-40-42-44-46-48-50-52-54-56-58-60-62-64-66-68-75(80)86-73(72-85-77(76(81)82)83-70-69-78(3,4)5)71-84-74(79)67-65-63-61-59-57-55-53-51-49-47-45-43-41-39-37-35-33-31-29-27-25-23-21-19-17-15-13-11-9-7-2/h8,10,14,16,20,22,26,28,32,34,73,77H,6-7,9,11-13,15,17-19,21,23-25,27,29-31,33,35-72H2,1-5H3/p+1/b10-8-,16-14-,22-20-,28-26-,34-32-. The minimum Gasteiger partial charge on any atom is -0.477 e. The molecular formula is C77H142NO8+. The summed E-state index contributed by atoms with van der Waals surface area (Å²) in [7, 11) is 5.99. The molecule has 0 aromatic carbocycles. The summed E-state index contributed by atoms with van der Waals surface area (Å²) in [6.45, 7) is 4.83. The summed E-state index contributed by atoms with van der Waals surface area (Å²) >= 11 is 0. The van der Waals surface area contributed by atoms with Gasteiger partial charge in [-0.3, -0.25) is 9.59 Å². The van der Waals surface area contributed by atoms with E-state index in [0.29, 0.717) is 17.4 Å². The molecule has 0 fully saturated rings. The van der Waals surface area contributed by atoms with Crippen LogP contribution in [0, 0.1) is 0 Å². The summed E-state index contributed by atoms with van der Waals surface area (Å²) in [5.41, 5.74) is 0. The quantitative estimate of drug-likeness (QED) is 0.0211. The van der Waals surface area contributed by atoms with E-state index < -0.39 is 18.4 Å². The zero-order chi connectivity index (χ0) is 62.6. The lowest BCUT2D eigenvalue weighted by molar-refractivity contribution is -0.870. The highest BCUT2D eigenvalue weighted by Crippen LogP contribution is 2.19. The average molecular weight is 1210 g/mol. The molecule has 0 aromatic rings. The number of esters is 2. The van der Waals surface area contributed by atoms with Crippen molar-refractivity contribution in [3.8, 4) is 0 Å². The maximum atomic E-state index is 13.0. The topological polar surface area (TPSA) is 108 Å². The van der Waals surface area contributed by atoms with Gasteiger partial charge in [0.15, 0.2) is 6.10 Å². The molecule has 0 saturated carbocycles. The Morgan fingerprint density at radius 3 is 0.988 bits per heavy atom. The minimum atomic E-state index is -1.51. The Labute approximate surface area is 533 Å². The smallest absolute Gasteiger partial charge is 0.361 e. The van der Waals surface area contributed by atoms with Crippen LogP contribution in [0.4, 0.5) is 0 Å². The Kier molecular flexibility index (Phi) is 65.5. The van der Waals surface area contributed by atoms with Gasteiger partial charge in [0.05, 0.1) is 34.4 Å². The van der Waals surface area contributed by atoms with Crippen molar-refractivity contribution >= 4 is 17.9 Å². The van der Waals surface area contributed by atoms with E-state index >= 15 is 0 Å². The fraction of sp³-hybridized carbons (Fsp3) is 0.831. The molecule has 502 valence electrons. The minimum absolute atomic E-state index is 0.178. The van der Waals surface area contributed by atoms with Crippen LogP contribution >= 0.6 is 0 Å². The molecule has 0 aromatic heterocycles. The number of quaternary nitrogens is 1. The number of carboxylic acid groups (broad SMARTS) is 1. The van der Waals surface area contributed by atoms with Gasteiger partial charge < -0.3 is 28.5 Å². The Morgan fingerprint density at radius 1 is 0.360 bits per heavy atom. The highest BCUT2D eigenvalue weighted by atomic mass is 16.7. The highest BCUT2D eigenvalue weighted by Gasteiger charge is 2.25. The van der Waals surface area contributed by atoms with Gasteiger partial charge in [-0.1, -0.05) is 344 Å². The SMILES string of the molecule is CC/C=C\C/C=C\C/C=C\C/C=C\C/C=C\CCCCCCCCCCCCCCCCCC(=O)OC(COC(=O)CCCCCCCCCCCCCCCCCCCCCCCCCCCCCCCC)COC(OCC[N+](C)(C)C)C(=O)O. The molecule has 0 saturated heterocycles. The highest BCUT2D eigenvalue weighted by molar-refractivity contribution is 5.71. The second-order valence-corrected chi connectivity index (χ2v) is 26.2. The Hall–Kier alpha value is -3.01. The van der Waals surface area contributed by atoms with Gasteiger partial charge in [-0.2, -0.15) is 0 Å². The lowest BCUT2D eigenvalue weighted by atomic mass is 10.0. The molecule has 9 nitrogen and oxygen atoms in total. The maximum Gasteiger partial charge on any atom is 0.361 e. The molecule has 2 unspecified atom stereocenters. The molecule has 2 atom stereocenters. The number of ether oxygens (including phenoxy) is 4. The number of likely N-dealkylation sites (N-methyl/N-ethyl adjacent to an activating group) is 1. The largest absolute Gasteiger partial charge is 0.477 e. The number of carbonyl (C=O) groups excluding carboxylic acids is 2. The van der Waals surface area contributed by atoms with E-state index in [4.69, 9.17) is 18.9 Å². The predicted octanol–water partition coefficient (Wildman–Crippen LogP) is 23.1. The molecule has 86 heavy (non-hydrogen) atoms. The molecule has 0 rings (SSSR count). The second kappa shape index (κ2) is 67.9. The van der Waals surface area contributed by atoms with Crippen molar-refractivity contribution in [1.82, 2.24) is 0 Å². The average Bonchev–Trinajstić information content (AvgIpc) is 3.64. The van der Waals surface area contributed by atoms with E-state index in [-0.39, 0.29) is 38.2 Å². The van der Waals surface area contributed by atoms with Gasteiger partial charge in [0.1, 0.15) is 13.2 Å². The van der Waals surface area contributed by atoms with Crippen LogP contribution < -0.4 is 0 Å². The van der Waals surface area contributed by atoms with E-state index in [1.807, 2.05) is 21.1 Å². The first kappa shape index (κ1) is 83.0. The number of hydrogen-bond acceptors (Lipinski definition) is 7. The third-order valence-electron chi connectivity index (χ3n) is 16.5. The number of aliphatic carboxylic acids is 1. The van der Waals surface area contributed by atoms with Crippen molar-refractivity contribution in [2.24, 2.45) is 0 Å². The van der Waals surface area contributed by atoms with Crippen molar-refractivity contribution in [2.75, 3.05) is 47.5 Å². The first-order valence-electron chi connectivity index (χ1n) is 37.0. The molecule has 0 spiro atoms. The number of unbranched alkanes of at least 4 members (excludes halogenated alkanes) is 44. The fourth-order valence-corrected chi connectivity index (χ4v) is 10.9. The Balaban J connectivity index is 4.05. The van der Waals surface area contributed by atoms with Crippen LogP contribution in [0.1, 0.15) is 354 Å². The number of allylic oxidation sites excluding steroid dienone is 10. The van der Waals surface area contributed by atoms with Gasteiger partial charge >= 0.3 is 17.9 Å². The van der Waals surface area contributed by atoms with E-state index in [2.05, 4.69) is 74.6 Å². The van der Waals surface area contributed by atoms with Crippen molar-refractivity contribution in [3.05, 3.63) is 60.8 Å². The van der Waals surface area contributed by atoms with Crippen LogP contribution in [0.5, 0.6) is 0 Å². The van der Waals surface area contributed by atoms with Crippen LogP contribution in [0.15, 0.2) is 60.8 Å². The number of hydrogen-bond donors (Lipinski definition) is 1. The molecular weight excluding hydrogens is 1070 g/mol. The number of nitrogens with zero attached hydrogens (tertiary/aromatic N) is 1. The van der Waals surface area contributed by atoms with Crippen molar-refractivity contribution < 1.29 is 42.9 Å². The van der Waals surface area contributed by atoms with Crippen LogP contribution in [0.25, 0.3) is 0 Å². The number of carbonyl (C=O) groups is 3. The normalized spacial score (nSPS) is 13.0. The van der Waals surface area contributed by atoms with Gasteiger partial charge in [-0.05, 0) is 57.8 Å². The van der Waals surface area contributed by atoms with Gasteiger partial charge in [0, 0.05) is 12.8 Å². The molecule has 0 amide bonds. The summed E-state index contributed by atoms with van der Waals surface area (Å²) in [5, 5.41) is 9.76. The van der Waals surface area contributed by atoms with E-state index in [9.17, 15) is 19.5 Å². The number of rotatable bonds is 69. The van der Waals surface area contributed by atoms with Gasteiger partial charge in [0.2, 0.25) is 0 Å². The van der Waals surface area contributed by atoms with E-state index in [1.165, 1.54) is 257 Å². The lowest BCUT2D eigenvalue weighted by Crippen LogP contribution is -2.40. The van der Waals surface area contributed by atoms with E-state index in [1.54, 1.807) is 0 Å². The number of carboxylic acids is 1. The maximum absolute atomic E-state index is 13.0. The van der Waals surface area contributed by atoms with Crippen LogP contribution in [0.2, 0.25) is 0 Å². The van der Waals surface area contributed by atoms with Crippen molar-refractivity contribution in [1.29, 1.82) is 0 Å². The van der Waals surface area contributed by atoms with E-state index in [0.717, 1.165) is 70.6 Å². The summed E-state index contributed by atoms with van der Waals surface area (Å²) in [6.07, 6.45) is 86.4. The molecule has 0 aliphatic heterocycles. The molecule has 0 aliphatic carbocycles. The Bertz CT molecular complexity index is 1600. The first-order chi connectivity index (χ1) is 42.1. The zero-order valence-electron chi connectivity index (χ0n) is 57.5. The fourth-order valence-electron chi connectivity index (χ4n) is 10.9. The first-order valence-corrected chi connectivity index (χ1v) is 37.0. The summed E-state index contributed by atoms with van der Waals surface area (Å²) in [4.78, 5) is 37.7. The zero-order valence-corrected chi connectivity index (χ0v) is 57.5. The van der Waals surface area contributed by atoms with Crippen LogP contribution in [-0.4, -0.2) is 87.4 Å². The van der Waals surface area contributed by atoms with Crippen LogP contribution in [0.3, 0.4) is 0 Å². The molecule has 1 N–H and O–H groups in total. The summed E-state index contributed by atoms with van der Waals surface area (Å²) in [6, 6.07) is 0. The summed E-state index contributed by atoms with van der Waals surface area (Å²) < 4.78 is 23.0. The van der Waals surface area contributed by atoms with Gasteiger partial charge in [-0.15, -0.1) is 0 Å². The third kappa shape index (κ3) is 68.5. The molecule has 0 radical (unpaired) electrons.